The summed E-state index contributed by atoms with van der Waals surface area (Å²) < 4.78 is 0. The Hall–Kier alpha value is -0.610. The van der Waals surface area contributed by atoms with Crippen molar-refractivity contribution in [3.05, 3.63) is 0 Å². The molecule has 0 radical (unpaired) electrons. The highest BCUT2D eigenvalue weighted by atomic mass is 16.3. The second-order valence-corrected chi connectivity index (χ2v) is 15.1. The quantitative estimate of drug-likeness (QED) is 0.0570. The fourth-order valence-electron chi connectivity index (χ4n) is 7.01. The lowest BCUT2D eigenvalue weighted by atomic mass is 10.0. The lowest BCUT2D eigenvalue weighted by molar-refractivity contribution is -0.123. The Morgan fingerprint density at radius 3 is 0.957 bits per heavy atom. The summed E-state index contributed by atoms with van der Waals surface area (Å²) in [5.74, 6) is -0.0266. The van der Waals surface area contributed by atoms with Gasteiger partial charge in [0.1, 0.15) is 0 Å². The molecule has 0 rings (SSSR count). The highest BCUT2D eigenvalue weighted by Gasteiger charge is 2.20. The van der Waals surface area contributed by atoms with Crippen molar-refractivity contribution in [3.63, 3.8) is 0 Å². The number of nitrogens with one attached hydrogen (secondary N) is 1. The van der Waals surface area contributed by atoms with Crippen LogP contribution in [0, 0.1) is 0 Å². The van der Waals surface area contributed by atoms with E-state index >= 15 is 0 Å². The van der Waals surface area contributed by atoms with Gasteiger partial charge in [-0.3, -0.25) is 4.79 Å². The lowest BCUT2D eigenvalue weighted by Crippen LogP contribution is -2.45. The molecule has 3 N–H and O–H groups in total. The Bertz CT molecular complexity index is 598. The van der Waals surface area contributed by atoms with Crippen molar-refractivity contribution < 1.29 is 15.0 Å². The van der Waals surface area contributed by atoms with Gasteiger partial charge in [-0.2, -0.15) is 0 Å². The molecule has 0 aromatic rings. The van der Waals surface area contributed by atoms with Gasteiger partial charge in [-0.05, 0) is 12.8 Å². The van der Waals surface area contributed by atoms with Gasteiger partial charge in [-0.1, -0.05) is 232 Å². The average molecular weight is 666 g/mol. The van der Waals surface area contributed by atoms with Crippen LogP contribution in [0.2, 0.25) is 0 Å². The van der Waals surface area contributed by atoms with Crippen LogP contribution in [-0.4, -0.2) is 34.9 Å². The van der Waals surface area contributed by atoms with E-state index in [4.69, 9.17) is 0 Å². The summed E-state index contributed by atoms with van der Waals surface area (Å²) >= 11 is 0. The predicted octanol–water partition coefficient (Wildman–Crippen LogP) is 13.3. The Morgan fingerprint density at radius 1 is 0.426 bits per heavy atom. The topological polar surface area (TPSA) is 69.6 Å². The molecule has 4 heteroatoms. The van der Waals surface area contributed by atoms with Crippen molar-refractivity contribution in [1.29, 1.82) is 0 Å². The average Bonchev–Trinajstić information content (AvgIpc) is 3.07. The number of unbranched alkanes of at least 4 members (excludes halogenated alkanes) is 33. The highest BCUT2D eigenvalue weighted by molar-refractivity contribution is 5.76. The predicted molar refractivity (Wildman–Crippen MR) is 207 cm³/mol. The molecule has 0 aliphatic rings. The molecule has 0 aliphatic carbocycles. The van der Waals surface area contributed by atoms with Crippen LogP contribution < -0.4 is 5.32 Å². The van der Waals surface area contributed by atoms with Gasteiger partial charge in [0, 0.05) is 6.42 Å². The largest absolute Gasteiger partial charge is 0.394 e. The Kier molecular flexibility index (Phi) is 39.3. The summed E-state index contributed by atoms with van der Waals surface area (Å²) in [5, 5.41) is 23.1. The molecule has 2 atom stereocenters. The zero-order chi connectivity index (χ0) is 34.3. The van der Waals surface area contributed by atoms with Crippen LogP contribution in [0.15, 0.2) is 0 Å². The van der Waals surface area contributed by atoms with Gasteiger partial charge in [0.25, 0.3) is 0 Å². The highest BCUT2D eigenvalue weighted by Crippen LogP contribution is 2.17. The SMILES string of the molecule is CCCCCCCCCCCCCCCCCCCCCCCCCC(=O)N[C@@H](CO)[C@H](O)CCCCCCCCCCCCCC. The molecule has 282 valence electrons. The molecule has 0 heterocycles. The first-order valence-corrected chi connectivity index (χ1v) is 21.7. The number of carbonyl (C=O) groups excluding carboxylic acids is 1. The number of hydrogen-bond acceptors (Lipinski definition) is 3. The number of aliphatic hydroxyl groups is 2. The number of carbonyl (C=O) groups is 1. The first-order chi connectivity index (χ1) is 23.2. The van der Waals surface area contributed by atoms with Crippen molar-refractivity contribution in [2.45, 2.75) is 264 Å². The number of hydrogen-bond donors (Lipinski definition) is 3. The second-order valence-electron chi connectivity index (χ2n) is 15.1. The molecule has 0 aliphatic heterocycles. The minimum atomic E-state index is -0.651. The van der Waals surface area contributed by atoms with E-state index in [0.29, 0.717) is 12.8 Å². The van der Waals surface area contributed by atoms with Gasteiger partial charge in [-0.15, -0.1) is 0 Å². The van der Waals surface area contributed by atoms with Crippen LogP contribution in [0.3, 0.4) is 0 Å². The van der Waals surface area contributed by atoms with Crippen molar-refractivity contribution in [2.75, 3.05) is 6.61 Å². The van der Waals surface area contributed by atoms with E-state index in [0.717, 1.165) is 25.7 Å². The maximum Gasteiger partial charge on any atom is 0.220 e. The van der Waals surface area contributed by atoms with E-state index < -0.39 is 12.1 Å². The van der Waals surface area contributed by atoms with Crippen LogP contribution in [0.4, 0.5) is 0 Å². The molecular formula is C43H87NO3. The van der Waals surface area contributed by atoms with E-state index in [1.807, 2.05) is 0 Å². The fraction of sp³-hybridized carbons (Fsp3) is 0.977. The first-order valence-electron chi connectivity index (χ1n) is 21.7. The Balaban J connectivity index is 3.43. The van der Waals surface area contributed by atoms with Gasteiger partial charge < -0.3 is 15.5 Å². The molecule has 0 unspecified atom stereocenters. The van der Waals surface area contributed by atoms with Gasteiger partial charge >= 0.3 is 0 Å². The summed E-state index contributed by atoms with van der Waals surface area (Å²) in [6.45, 7) is 4.37. The van der Waals surface area contributed by atoms with E-state index in [-0.39, 0.29) is 12.5 Å². The van der Waals surface area contributed by atoms with Crippen molar-refractivity contribution in [1.82, 2.24) is 5.32 Å². The van der Waals surface area contributed by atoms with E-state index in [9.17, 15) is 15.0 Å². The van der Waals surface area contributed by atoms with Gasteiger partial charge in [0.15, 0.2) is 0 Å². The lowest BCUT2D eigenvalue weighted by Gasteiger charge is -2.22. The zero-order valence-corrected chi connectivity index (χ0v) is 32.3. The minimum Gasteiger partial charge on any atom is -0.394 e. The molecule has 0 saturated heterocycles. The van der Waals surface area contributed by atoms with E-state index in [1.54, 1.807) is 0 Å². The summed E-state index contributed by atoms with van der Waals surface area (Å²) in [4.78, 5) is 12.4. The second kappa shape index (κ2) is 39.8. The molecule has 1 amide bonds. The molecule has 4 nitrogen and oxygen atoms in total. The van der Waals surface area contributed by atoms with Crippen molar-refractivity contribution >= 4 is 5.91 Å². The van der Waals surface area contributed by atoms with Crippen LogP contribution in [-0.2, 0) is 4.79 Å². The molecule has 0 fully saturated rings. The number of aliphatic hydroxyl groups excluding tert-OH is 2. The molecule has 0 aromatic carbocycles. The minimum absolute atomic E-state index is 0.0266. The normalized spacial score (nSPS) is 12.9. The third-order valence-electron chi connectivity index (χ3n) is 10.4. The smallest absolute Gasteiger partial charge is 0.220 e. The Labute approximate surface area is 295 Å². The van der Waals surface area contributed by atoms with Crippen molar-refractivity contribution in [3.8, 4) is 0 Å². The summed E-state index contributed by atoms with van der Waals surface area (Å²) in [6.07, 6.45) is 47.5. The van der Waals surface area contributed by atoms with Gasteiger partial charge in [-0.25, -0.2) is 0 Å². The van der Waals surface area contributed by atoms with Crippen LogP contribution in [0.5, 0.6) is 0 Å². The number of rotatable bonds is 40. The monoisotopic (exact) mass is 666 g/mol. The van der Waals surface area contributed by atoms with Crippen molar-refractivity contribution in [2.24, 2.45) is 0 Å². The maximum absolute atomic E-state index is 12.4. The summed E-state index contributed by atoms with van der Waals surface area (Å²) in [5.41, 5.74) is 0. The van der Waals surface area contributed by atoms with Crippen LogP contribution in [0.25, 0.3) is 0 Å². The van der Waals surface area contributed by atoms with E-state index in [2.05, 4.69) is 19.2 Å². The molecule has 47 heavy (non-hydrogen) atoms. The van der Waals surface area contributed by atoms with Gasteiger partial charge in [0.05, 0.1) is 18.8 Å². The summed E-state index contributed by atoms with van der Waals surface area (Å²) in [7, 11) is 0. The molecule has 0 aromatic heterocycles. The molecular weight excluding hydrogens is 578 g/mol. The number of amides is 1. The van der Waals surface area contributed by atoms with Crippen LogP contribution in [0.1, 0.15) is 251 Å². The standard InChI is InChI=1S/C43H87NO3/c1-3-5-7-9-11-13-15-17-18-19-20-21-22-23-24-25-26-27-29-31-33-35-37-39-43(47)44-41(40-45)42(46)38-36-34-32-30-28-16-14-12-10-8-6-4-2/h41-42,45-46H,3-40H2,1-2H3,(H,44,47)/t41-,42+/m0/s1. The Morgan fingerprint density at radius 2 is 0.681 bits per heavy atom. The first kappa shape index (κ1) is 46.4. The third kappa shape index (κ3) is 36.5. The zero-order valence-electron chi connectivity index (χ0n) is 32.3. The fourth-order valence-corrected chi connectivity index (χ4v) is 7.01. The third-order valence-corrected chi connectivity index (χ3v) is 10.4. The summed E-state index contributed by atoms with van der Waals surface area (Å²) in [6, 6.07) is -0.528. The molecule has 0 bridgehead atoms. The molecule has 0 saturated carbocycles. The maximum atomic E-state index is 12.4. The van der Waals surface area contributed by atoms with E-state index in [1.165, 1.54) is 199 Å². The van der Waals surface area contributed by atoms with Gasteiger partial charge in [0.2, 0.25) is 5.91 Å². The van der Waals surface area contributed by atoms with Crippen LogP contribution >= 0.6 is 0 Å². The molecule has 0 spiro atoms.